The SMILES string of the molecule is Cc1c(Cl)cccc1N=C1NC(=O)/C(=C\c2cccc(OCc3ccc(F)cc3)c2)S1. The second-order valence-corrected chi connectivity index (χ2v) is 8.29. The van der Waals surface area contributed by atoms with Crippen LogP contribution in [-0.4, -0.2) is 11.1 Å². The molecule has 4 nitrogen and oxygen atoms in total. The van der Waals surface area contributed by atoms with Crippen molar-refractivity contribution >= 4 is 46.2 Å². The summed E-state index contributed by atoms with van der Waals surface area (Å²) in [6, 6.07) is 19.1. The highest BCUT2D eigenvalue weighted by molar-refractivity contribution is 8.18. The van der Waals surface area contributed by atoms with Gasteiger partial charge < -0.3 is 10.1 Å². The molecule has 0 saturated carbocycles. The largest absolute Gasteiger partial charge is 0.489 e. The van der Waals surface area contributed by atoms with Crippen LogP contribution in [0.3, 0.4) is 0 Å². The Hall–Kier alpha value is -3.09. The normalized spacial score (nSPS) is 16.0. The summed E-state index contributed by atoms with van der Waals surface area (Å²) in [4.78, 5) is 17.4. The van der Waals surface area contributed by atoms with E-state index in [1.807, 2.05) is 43.3 Å². The molecule has 156 valence electrons. The number of ether oxygens (including phenoxy) is 1. The number of aliphatic imine (C=N–C) groups is 1. The molecule has 1 heterocycles. The Morgan fingerprint density at radius 1 is 1.13 bits per heavy atom. The van der Waals surface area contributed by atoms with Crippen LogP contribution in [0.4, 0.5) is 10.1 Å². The van der Waals surface area contributed by atoms with Gasteiger partial charge in [0.25, 0.3) is 5.91 Å². The van der Waals surface area contributed by atoms with Gasteiger partial charge in [0.2, 0.25) is 0 Å². The molecule has 0 aromatic heterocycles. The number of benzene rings is 3. The summed E-state index contributed by atoms with van der Waals surface area (Å²) < 4.78 is 18.8. The maximum absolute atomic E-state index is 13.0. The molecule has 0 bridgehead atoms. The van der Waals surface area contributed by atoms with E-state index in [0.717, 1.165) is 16.7 Å². The quantitative estimate of drug-likeness (QED) is 0.465. The molecule has 0 spiro atoms. The van der Waals surface area contributed by atoms with Gasteiger partial charge in [0.1, 0.15) is 18.2 Å². The van der Waals surface area contributed by atoms with Gasteiger partial charge in [-0.15, -0.1) is 0 Å². The van der Waals surface area contributed by atoms with Crippen molar-refractivity contribution in [3.05, 3.63) is 99.2 Å². The molecule has 1 amide bonds. The van der Waals surface area contributed by atoms with E-state index in [4.69, 9.17) is 16.3 Å². The molecule has 1 N–H and O–H groups in total. The first-order valence-electron chi connectivity index (χ1n) is 9.50. The fourth-order valence-corrected chi connectivity index (χ4v) is 3.90. The lowest BCUT2D eigenvalue weighted by Gasteiger charge is -2.07. The minimum atomic E-state index is -0.279. The highest BCUT2D eigenvalue weighted by atomic mass is 35.5. The number of amides is 1. The number of hydrogen-bond donors (Lipinski definition) is 1. The smallest absolute Gasteiger partial charge is 0.264 e. The van der Waals surface area contributed by atoms with E-state index in [1.54, 1.807) is 24.3 Å². The summed E-state index contributed by atoms with van der Waals surface area (Å²) in [5.41, 5.74) is 3.27. The number of carbonyl (C=O) groups excluding carboxylic acids is 1. The fourth-order valence-electron chi connectivity index (χ4n) is 2.90. The van der Waals surface area contributed by atoms with Crippen molar-refractivity contribution in [2.24, 2.45) is 4.99 Å². The number of thioether (sulfide) groups is 1. The maximum atomic E-state index is 13.0. The number of carbonyl (C=O) groups is 1. The lowest BCUT2D eigenvalue weighted by atomic mass is 10.2. The van der Waals surface area contributed by atoms with E-state index in [9.17, 15) is 9.18 Å². The Bertz CT molecular complexity index is 1190. The van der Waals surface area contributed by atoms with Crippen LogP contribution in [0.15, 0.2) is 76.6 Å². The van der Waals surface area contributed by atoms with E-state index in [1.165, 1.54) is 23.9 Å². The molecular formula is C24H18ClFN2O2S. The van der Waals surface area contributed by atoms with Crippen LogP contribution >= 0.6 is 23.4 Å². The Labute approximate surface area is 188 Å². The lowest BCUT2D eigenvalue weighted by Crippen LogP contribution is -2.19. The van der Waals surface area contributed by atoms with Crippen molar-refractivity contribution < 1.29 is 13.9 Å². The standard InChI is InChI=1S/C24H18ClFN2O2S/c1-15-20(25)6-3-7-21(15)27-24-28-23(29)22(31-24)13-17-4-2-5-19(12-17)30-14-16-8-10-18(26)11-9-16/h2-13H,14H2,1H3,(H,27,28,29)/b22-13+. The minimum Gasteiger partial charge on any atom is -0.489 e. The summed E-state index contributed by atoms with van der Waals surface area (Å²) >= 11 is 7.42. The Morgan fingerprint density at radius 3 is 2.71 bits per heavy atom. The predicted octanol–water partition coefficient (Wildman–Crippen LogP) is 6.26. The molecular weight excluding hydrogens is 435 g/mol. The van der Waals surface area contributed by atoms with Crippen molar-refractivity contribution in [1.82, 2.24) is 5.32 Å². The zero-order chi connectivity index (χ0) is 21.8. The van der Waals surface area contributed by atoms with Gasteiger partial charge in [-0.05, 0) is 77.9 Å². The van der Waals surface area contributed by atoms with E-state index >= 15 is 0 Å². The third kappa shape index (κ3) is 5.34. The molecule has 0 aliphatic carbocycles. The Kier molecular flexibility index (Phi) is 6.39. The van der Waals surface area contributed by atoms with Crippen LogP contribution < -0.4 is 10.1 Å². The number of rotatable bonds is 5. The van der Waals surface area contributed by atoms with Crippen LogP contribution in [0.5, 0.6) is 5.75 Å². The van der Waals surface area contributed by atoms with Crippen LogP contribution in [0, 0.1) is 12.7 Å². The van der Waals surface area contributed by atoms with Gasteiger partial charge in [-0.2, -0.15) is 0 Å². The van der Waals surface area contributed by atoms with Gasteiger partial charge in [0.05, 0.1) is 10.6 Å². The molecule has 0 atom stereocenters. The molecule has 4 rings (SSSR count). The molecule has 1 aliphatic rings. The van der Waals surface area contributed by atoms with Crippen LogP contribution in [0.25, 0.3) is 6.08 Å². The summed E-state index contributed by atoms with van der Waals surface area (Å²) in [5.74, 6) is 0.171. The summed E-state index contributed by atoms with van der Waals surface area (Å²) in [5, 5.41) is 3.92. The zero-order valence-electron chi connectivity index (χ0n) is 16.6. The zero-order valence-corrected chi connectivity index (χ0v) is 18.1. The van der Waals surface area contributed by atoms with Crippen molar-refractivity contribution in [2.45, 2.75) is 13.5 Å². The van der Waals surface area contributed by atoms with Crippen LogP contribution in [-0.2, 0) is 11.4 Å². The minimum absolute atomic E-state index is 0.207. The molecule has 1 saturated heterocycles. The second kappa shape index (κ2) is 9.37. The first kappa shape index (κ1) is 21.2. The van der Waals surface area contributed by atoms with Gasteiger partial charge in [0.15, 0.2) is 5.17 Å². The van der Waals surface area contributed by atoms with Crippen LogP contribution in [0.2, 0.25) is 5.02 Å². The molecule has 0 radical (unpaired) electrons. The van der Waals surface area contributed by atoms with E-state index in [2.05, 4.69) is 10.3 Å². The molecule has 1 fully saturated rings. The van der Waals surface area contributed by atoms with Gasteiger partial charge in [-0.3, -0.25) is 4.79 Å². The van der Waals surface area contributed by atoms with Gasteiger partial charge in [-0.25, -0.2) is 9.38 Å². The van der Waals surface area contributed by atoms with E-state index in [0.29, 0.717) is 33.1 Å². The molecule has 0 unspecified atom stereocenters. The summed E-state index contributed by atoms with van der Waals surface area (Å²) in [7, 11) is 0. The van der Waals surface area contributed by atoms with Crippen molar-refractivity contribution in [3.8, 4) is 5.75 Å². The molecule has 1 aliphatic heterocycles. The number of nitrogens with one attached hydrogen (secondary N) is 1. The second-order valence-electron chi connectivity index (χ2n) is 6.85. The summed E-state index contributed by atoms with van der Waals surface area (Å²) in [6.07, 6.45) is 1.79. The highest BCUT2D eigenvalue weighted by Crippen LogP contribution is 2.31. The van der Waals surface area contributed by atoms with Crippen molar-refractivity contribution in [1.29, 1.82) is 0 Å². The van der Waals surface area contributed by atoms with Crippen molar-refractivity contribution in [3.63, 3.8) is 0 Å². The van der Waals surface area contributed by atoms with Crippen LogP contribution in [0.1, 0.15) is 16.7 Å². The average Bonchev–Trinajstić information content (AvgIpc) is 3.10. The number of amidine groups is 1. The first-order valence-corrected chi connectivity index (χ1v) is 10.7. The molecule has 3 aromatic rings. The fraction of sp³-hybridized carbons (Fsp3) is 0.0833. The van der Waals surface area contributed by atoms with Crippen molar-refractivity contribution in [2.75, 3.05) is 0 Å². The van der Waals surface area contributed by atoms with E-state index < -0.39 is 0 Å². The summed E-state index contributed by atoms with van der Waals surface area (Å²) in [6.45, 7) is 2.21. The number of nitrogens with zero attached hydrogens (tertiary/aromatic N) is 1. The Morgan fingerprint density at radius 2 is 1.90 bits per heavy atom. The van der Waals surface area contributed by atoms with Gasteiger partial charge in [0, 0.05) is 5.02 Å². The van der Waals surface area contributed by atoms with Gasteiger partial charge >= 0.3 is 0 Å². The first-order chi connectivity index (χ1) is 15.0. The monoisotopic (exact) mass is 452 g/mol. The number of hydrogen-bond acceptors (Lipinski definition) is 4. The lowest BCUT2D eigenvalue weighted by molar-refractivity contribution is -0.115. The van der Waals surface area contributed by atoms with Gasteiger partial charge in [-0.1, -0.05) is 41.9 Å². The maximum Gasteiger partial charge on any atom is 0.264 e. The topological polar surface area (TPSA) is 50.7 Å². The highest BCUT2D eigenvalue weighted by Gasteiger charge is 2.24. The Balaban J connectivity index is 1.47. The third-order valence-electron chi connectivity index (χ3n) is 4.59. The molecule has 7 heteroatoms. The average molecular weight is 453 g/mol. The predicted molar refractivity (Wildman–Crippen MR) is 124 cm³/mol. The van der Waals surface area contributed by atoms with E-state index in [-0.39, 0.29) is 11.7 Å². The third-order valence-corrected chi connectivity index (χ3v) is 5.91. The molecule has 3 aromatic carbocycles. The molecule has 31 heavy (non-hydrogen) atoms. The number of halogens is 2.